The lowest BCUT2D eigenvalue weighted by Gasteiger charge is -2.07. The number of carbonyl (C=O) groups is 1. The molecule has 3 rings (SSSR count). The summed E-state index contributed by atoms with van der Waals surface area (Å²) in [6.07, 6.45) is 2.89. The number of hydrogen-bond acceptors (Lipinski definition) is 6. The highest BCUT2D eigenvalue weighted by Gasteiger charge is 2.09. The van der Waals surface area contributed by atoms with E-state index in [4.69, 9.17) is 4.52 Å². The lowest BCUT2D eigenvalue weighted by molar-refractivity contribution is 0.102. The maximum absolute atomic E-state index is 12.2. The molecule has 0 saturated carbocycles. The summed E-state index contributed by atoms with van der Waals surface area (Å²) in [5.74, 6) is 1.24. The van der Waals surface area contributed by atoms with Gasteiger partial charge in [-0.15, -0.1) is 0 Å². The van der Waals surface area contributed by atoms with Crippen LogP contribution in [0.5, 0.6) is 0 Å². The molecule has 0 aliphatic carbocycles. The Balaban J connectivity index is 1.68. The minimum Gasteiger partial charge on any atom is -0.360 e. The fourth-order valence-corrected chi connectivity index (χ4v) is 2.30. The molecule has 7 nitrogen and oxygen atoms in total. The van der Waals surface area contributed by atoms with E-state index >= 15 is 0 Å². The molecule has 0 unspecified atom stereocenters. The molecule has 0 bridgehead atoms. The van der Waals surface area contributed by atoms with E-state index in [1.165, 1.54) is 12.4 Å². The molecule has 122 valence electrons. The molecule has 0 spiro atoms. The zero-order valence-corrected chi connectivity index (χ0v) is 14.6. The molecule has 0 atom stereocenters. The largest absolute Gasteiger partial charge is 0.360 e. The van der Waals surface area contributed by atoms with Crippen LogP contribution in [-0.2, 0) is 0 Å². The molecule has 0 fully saturated rings. The van der Waals surface area contributed by atoms with Gasteiger partial charge in [0.25, 0.3) is 5.91 Å². The van der Waals surface area contributed by atoms with E-state index in [0.29, 0.717) is 28.8 Å². The maximum atomic E-state index is 12.2. The highest BCUT2D eigenvalue weighted by atomic mass is 79.9. The van der Waals surface area contributed by atoms with Crippen molar-refractivity contribution >= 4 is 39.3 Å². The van der Waals surface area contributed by atoms with Gasteiger partial charge in [-0.1, -0.05) is 27.2 Å². The Morgan fingerprint density at radius 3 is 2.54 bits per heavy atom. The quantitative estimate of drug-likeness (QED) is 0.706. The Labute approximate surface area is 146 Å². The number of rotatable bonds is 4. The number of carbonyl (C=O) groups excluding carboxylic acids is 1. The SMILES string of the molecule is Cc1cc(Nc2ncc(C(=O)Nc3ccc(C)c(Br)c3)cn2)no1. The van der Waals surface area contributed by atoms with Gasteiger partial charge in [0.15, 0.2) is 5.82 Å². The molecule has 0 saturated heterocycles. The second-order valence-corrected chi connectivity index (χ2v) is 6.02. The Kier molecular flexibility index (Phi) is 4.57. The first-order chi connectivity index (χ1) is 11.5. The number of anilines is 3. The Bertz CT molecular complexity index is 876. The zero-order valence-electron chi connectivity index (χ0n) is 13.0. The third kappa shape index (κ3) is 3.77. The number of nitrogens with zero attached hydrogens (tertiary/aromatic N) is 3. The number of aryl methyl sites for hydroxylation is 2. The van der Waals surface area contributed by atoms with Crippen molar-refractivity contribution < 1.29 is 9.32 Å². The van der Waals surface area contributed by atoms with Gasteiger partial charge >= 0.3 is 0 Å². The van der Waals surface area contributed by atoms with E-state index in [-0.39, 0.29) is 5.91 Å². The topological polar surface area (TPSA) is 92.9 Å². The van der Waals surface area contributed by atoms with Crippen LogP contribution in [0.4, 0.5) is 17.5 Å². The molecule has 0 aliphatic rings. The summed E-state index contributed by atoms with van der Waals surface area (Å²) in [7, 11) is 0. The first-order valence-corrected chi connectivity index (χ1v) is 7.90. The maximum Gasteiger partial charge on any atom is 0.258 e. The van der Waals surface area contributed by atoms with E-state index in [9.17, 15) is 4.79 Å². The average molecular weight is 388 g/mol. The number of aromatic nitrogens is 3. The Morgan fingerprint density at radius 2 is 1.92 bits per heavy atom. The van der Waals surface area contributed by atoms with Crippen LogP contribution in [0, 0.1) is 13.8 Å². The molecule has 24 heavy (non-hydrogen) atoms. The van der Waals surface area contributed by atoms with E-state index in [2.05, 4.69) is 41.7 Å². The van der Waals surface area contributed by atoms with Crippen molar-refractivity contribution in [1.82, 2.24) is 15.1 Å². The number of hydrogen-bond donors (Lipinski definition) is 2. The van der Waals surface area contributed by atoms with Crippen LogP contribution in [0.2, 0.25) is 0 Å². The summed E-state index contributed by atoms with van der Waals surface area (Å²) in [6.45, 7) is 3.77. The monoisotopic (exact) mass is 387 g/mol. The van der Waals surface area contributed by atoms with Crippen molar-refractivity contribution in [2.45, 2.75) is 13.8 Å². The van der Waals surface area contributed by atoms with Gasteiger partial charge in [-0.3, -0.25) is 4.79 Å². The molecule has 1 amide bonds. The molecule has 0 radical (unpaired) electrons. The van der Waals surface area contributed by atoms with E-state index in [0.717, 1.165) is 10.0 Å². The van der Waals surface area contributed by atoms with Gasteiger partial charge in [0.05, 0.1) is 5.56 Å². The summed E-state index contributed by atoms with van der Waals surface area (Å²) in [5, 5.41) is 9.48. The summed E-state index contributed by atoms with van der Waals surface area (Å²) in [5.41, 5.74) is 2.14. The molecule has 0 aliphatic heterocycles. The fourth-order valence-electron chi connectivity index (χ4n) is 1.92. The minimum absolute atomic E-state index is 0.283. The first kappa shape index (κ1) is 16.1. The first-order valence-electron chi connectivity index (χ1n) is 7.11. The van der Waals surface area contributed by atoms with Crippen molar-refractivity contribution in [3.63, 3.8) is 0 Å². The molecule has 2 heterocycles. The Hall–Kier alpha value is -2.74. The summed E-state index contributed by atoms with van der Waals surface area (Å²) < 4.78 is 5.88. The average Bonchev–Trinajstić information content (AvgIpc) is 2.96. The molecule has 2 aromatic heterocycles. The van der Waals surface area contributed by atoms with Crippen LogP contribution < -0.4 is 10.6 Å². The minimum atomic E-state index is -0.283. The van der Waals surface area contributed by atoms with Crippen molar-refractivity contribution in [3.05, 3.63) is 58.0 Å². The number of amides is 1. The predicted molar refractivity (Wildman–Crippen MR) is 93.4 cm³/mol. The van der Waals surface area contributed by atoms with Gasteiger partial charge in [-0.2, -0.15) is 0 Å². The van der Waals surface area contributed by atoms with Crippen LogP contribution in [0.15, 0.2) is 45.7 Å². The van der Waals surface area contributed by atoms with Gasteiger partial charge < -0.3 is 15.2 Å². The van der Waals surface area contributed by atoms with Crippen molar-refractivity contribution in [3.8, 4) is 0 Å². The van der Waals surface area contributed by atoms with Crippen LogP contribution in [0.1, 0.15) is 21.7 Å². The Morgan fingerprint density at radius 1 is 1.17 bits per heavy atom. The molecule has 2 N–H and O–H groups in total. The summed E-state index contributed by atoms with van der Waals surface area (Å²) >= 11 is 3.44. The lowest BCUT2D eigenvalue weighted by Crippen LogP contribution is -2.13. The van der Waals surface area contributed by atoms with E-state index in [1.807, 2.05) is 25.1 Å². The number of benzene rings is 1. The lowest BCUT2D eigenvalue weighted by atomic mass is 10.2. The van der Waals surface area contributed by atoms with Crippen LogP contribution >= 0.6 is 15.9 Å². The van der Waals surface area contributed by atoms with Crippen molar-refractivity contribution in [2.24, 2.45) is 0 Å². The highest BCUT2D eigenvalue weighted by molar-refractivity contribution is 9.10. The van der Waals surface area contributed by atoms with Gasteiger partial charge in [0, 0.05) is 28.6 Å². The van der Waals surface area contributed by atoms with Gasteiger partial charge in [-0.05, 0) is 31.5 Å². The van der Waals surface area contributed by atoms with Gasteiger partial charge in [0.1, 0.15) is 5.76 Å². The summed E-state index contributed by atoms with van der Waals surface area (Å²) in [4.78, 5) is 20.4. The highest BCUT2D eigenvalue weighted by Crippen LogP contribution is 2.21. The second kappa shape index (κ2) is 6.79. The van der Waals surface area contributed by atoms with E-state index < -0.39 is 0 Å². The second-order valence-electron chi connectivity index (χ2n) is 5.16. The van der Waals surface area contributed by atoms with Crippen LogP contribution in [0.3, 0.4) is 0 Å². The van der Waals surface area contributed by atoms with Crippen molar-refractivity contribution in [1.29, 1.82) is 0 Å². The van der Waals surface area contributed by atoms with Crippen LogP contribution in [0.25, 0.3) is 0 Å². The van der Waals surface area contributed by atoms with Crippen LogP contribution in [-0.4, -0.2) is 21.0 Å². The third-order valence-corrected chi connectivity index (χ3v) is 4.07. The van der Waals surface area contributed by atoms with Crippen molar-refractivity contribution in [2.75, 3.05) is 10.6 Å². The normalized spacial score (nSPS) is 10.5. The number of halogens is 1. The molecular weight excluding hydrogens is 374 g/mol. The van der Waals surface area contributed by atoms with E-state index in [1.54, 1.807) is 13.0 Å². The molecule has 3 aromatic rings. The third-order valence-electron chi connectivity index (χ3n) is 3.21. The molecular formula is C16H14BrN5O2. The summed E-state index contributed by atoms with van der Waals surface area (Å²) in [6, 6.07) is 7.32. The standard InChI is InChI=1S/C16H14BrN5O2/c1-9-3-4-12(6-13(9)17)20-15(23)11-7-18-16(19-8-11)21-14-5-10(2)24-22-14/h3-8H,1-2H3,(H,20,23)(H,18,19,21,22). The van der Waals surface area contributed by atoms with Gasteiger partial charge in [0.2, 0.25) is 5.95 Å². The smallest absolute Gasteiger partial charge is 0.258 e. The zero-order chi connectivity index (χ0) is 17.1. The van der Waals surface area contributed by atoms with Gasteiger partial charge in [-0.25, -0.2) is 9.97 Å². The fraction of sp³-hybridized carbons (Fsp3) is 0.125. The molecule has 8 heteroatoms. The molecule has 1 aromatic carbocycles. The predicted octanol–water partition coefficient (Wildman–Crippen LogP) is 3.84. The number of nitrogens with one attached hydrogen (secondary N) is 2.